The number of fused-ring (bicyclic) bond motifs is 1. The minimum Gasteiger partial charge on any atom is -0.339 e. The Morgan fingerprint density at radius 1 is 1.21 bits per heavy atom. The van der Waals surface area contributed by atoms with Crippen molar-refractivity contribution in [3.63, 3.8) is 0 Å². The van der Waals surface area contributed by atoms with Crippen molar-refractivity contribution < 1.29 is 9.22 Å². The Labute approximate surface area is 140 Å². The van der Waals surface area contributed by atoms with Gasteiger partial charge in [-0.2, -0.15) is 0 Å². The van der Waals surface area contributed by atoms with Crippen LogP contribution in [0.3, 0.4) is 0 Å². The van der Waals surface area contributed by atoms with E-state index in [1.165, 1.54) is 11.1 Å². The van der Waals surface area contributed by atoms with Crippen LogP contribution in [0.1, 0.15) is 53.7 Å². The second-order valence-electron chi connectivity index (χ2n) is 7.17. The topological polar surface area (TPSA) is 48.2 Å². The Hall–Kier alpha value is -2.43. The summed E-state index contributed by atoms with van der Waals surface area (Å²) in [6, 6.07) is 8.88. The predicted octanol–water partition coefficient (Wildman–Crippen LogP) is 2.14. The first-order valence-corrected chi connectivity index (χ1v) is 8.68. The smallest absolute Gasteiger partial charge is 0.252 e. The van der Waals surface area contributed by atoms with Gasteiger partial charge >= 0.3 is 0 Å². The second-order valence-corrected chi connectivity index (χ2v) is 7.17. The van der Waals surface area contributed by atoms with Gasteiger partial charge in [0.25, 0.3) is 5.69 Å². The SMILES string of the molecule is Cc1cn2c(c[n+]1=O)C1c3ccccc3C2CC1N1CCCC1=O. The molecule has 3 aliphatic heterocycles. The number of likely N-dealkylation sites (tertiary alicyclic amines) is 1. The van der Waals surface area contributed by atoms with Crippen molar-refractivity contribution in [2.75, 3.05) is 6.54 Å². The van der Waals surface area contributed by atoms with Gasteiger partial charge in [0.15, 0.2) is 0 Å². The summed E-state index contributed by atoms with van der Waals surface area (Å²) in [5.74, 6) is 0.354. The molecule has 1 aromatic heterocycles. The first kappa shape index (κ1) is 14.0. The van der Waals surface area contributed by atoms with Crippen LogP contribution in [-0.2, 0) is 4.79 Å². The lowest BCUT2D eigenvalue weighted by atomic mass is 9.71. The number of hydrogen-bond acceptors (Lipinski definition) is 2. The van der Waals surface area contributed by atoms with E-state index in [9.17, 15) is 9.70 Å². The molecule has 4 aliphatic rings. The van der Waals surface area contributed by atoms with Crippen molar-refractivity contribution in [1.29, 1.82) is 0 Å². The van der Waals surface area contributed by atoms with E-state index in [1.807, 2.05) is 13.1 Å². The number of carbonyl (C=O) groups is 1. The van der Waals surface area contributed by atoms with Crippen molar-refractivity contribution in [3.8, 4) is 0 Å². The summed E-state index contributed by atoms with van der Waals surface area (Å²) in [5, 5.41) is 0. The van der Waals surface area contributed by atoms with Crippen LogP contribution in [0.5, 0.6) is 0 Å². The molecule has 3 atom stereocenters. The van der Waals surface area contributed by atoms with Crippen LogP contribution in [0.4, 0.5) is 0 Å². The Kier molecular flexibility index (Phi) is 2.78. The normalized spacial score (nSPS) is 27.3. The highest BCUT2D eigenvalue weighted by atomic mass is 16.3. The number of carbonyl (C=O) groups excluding carboxylic acids is 1. The predicted molar refractivity (Wildman–Crippen MR) is 88.3 cm³/mol. The van der Waals surface area contributed by atoms with E-state index in [0.29, 0.717) is 12.1 Å². The van der Waals surface area contributed by atoms with Crippen molar-refractivity contribution >= 4 is 5.91 Å². The average Bonchev–Trinajstić information content (AvgIpc) is 3.02. The molecule has 0 spiro atoms. The Morgan fingerprint density at radius 2 is 2.00 bits per heavy atom. The highest BCUT2D eigenvalue weighted by molar-refractivity contribution is 5.79. The van der Waals surface area contributed by atoms with Gasteiger partial charge in [0, 0.05) is 30.8 Å². The molecular formula is C19H20N3O2+. The van der Waals surface area contributed by atoms with Crippen molar-refractivity contribution in [3.05, 3.63) is 64.1 Å². The Bertz CT molecular complexity index is 917. The van der Waals surface area contributed by atoms with Crippen LogP contribution in [0.15, 0.2) is 36.7 Å². The average molecular weight is 322 g/mol. The highest BCUT2D eigenvalue weighted by Crippen LogP contribution is 2.50. The zero-order chi connectivity index (χ0) is 16.4. The summed E-state index contributed by atoms with van der Waals surface area (Å²) >= 11 is 0. The van der Waals surface area contributed by atoms with Crippen LogP contribution >= 0.6 is 0 Å². The summed E-state index contributed by atoms with van der Waals surface area (Å²) < 4.78 is 3.21. The number of amides is 1. The van der Waals surface area contributed by atoms with Gasteiger partial charge in [-0.3, -0.25) is 4.79 Å². The molecule has 0 saturated carbocycles. The third-order valence-electron chi connectivity index (χ3n) is 5.93. The van der Waals surface area contributed by atoms with E-state index in [4.69, 9.17) is 0 Å². The highest BCUT2D eigenvalue weighted by Gasteiger charge is 2.48. The lowest BCUT2D eigenvalue weighted by molar-refractivity contribution is -0.504. The number of aryl methyl sites for hydroxylation is 1. The Balaban J connectivity index is 1.73. The molecule has 2 aromatic rings. The van der Waals surface area contributed by atoms with Gasteiger partial charge in [-0.1, -0.05) is 24.3 Å². The van der Waals surface area contributed by atoms with E-state index in [-0.39, 0.29) is 23.9 Å². The molecule has 5 heteroatoms. The van der Waals surface area contributed by atoms with E-state index in [1.54, 1.807) is 6.20 Å². The molecule has 24 heavy (non-hydrogen) atoms. The minimum absolute atomic E-state index is 0.0917. The largest absolute Gasteiger partial charge is 0.339 e. The third kappa shape index (κ3) is 1.72. The van der Waals surface area contributed by atoms with E-state index < -0.39 is 0 Å². The van der Waals surface area contributed by atoms with E-state index in [2.05, 4.69) is 33.7 Å². The molecule has 6 rings (SSSR count). The quantitative estimate of drug-likeness (QED) is 0.755. The van der Waals surface area contributed by atoms with Crippen molar-refractivity contribution in [2.45, 2.75) is 44.2 Å². The molecule has 1 aliphatic carbocycles. The van der Waals surface area contributed by atoms with Crippen LogP contribution in [0, 0.1) is 11.8 Å². The van der Waals surface area contributed by atoms with Crippen LogP contribution in [0.25, 0.3) is 0 Å². The molecule has 1 amide bonds. The molecule has 5 nitrogen and oxygen atoms in total. The molecular weight excluding hydrogens is 302 g/mol. The molecule has 1 fully saturated rings. The molecule has 2 bridgehead atoms. The number of nitrogens with zero attached hydrogens (tertiary/aromatic N) is 3. The molecule has 122 valence electrons. The van der Waals surface area contributed by atoms with E-state index >= 15 is 0 Å². The molecule has 0 N–H and O–H groups in total. The first-order chi connectivity index (χ1) is 11.6. The zero-order valence-electron chi connectivity index (χ0n) is 13.7. The summed E-state index contributed by atoms with van der Waals surface area (Å²) in [6.45, 7) is 2.69. The van der Waals surface area contributed by atoms with Gasteiger partial charge in [0.2, 0.25) is 12.1 Å². The number of hydrogen-bond donors (Lipinski definition) is 0. The van der Waals surface area contributed by atoms with Gasteiger partial charge in [-0.15, -0.1) is 0 Å². The maximum atomic E-state index is 12.3. The van der Waals surface area contributed by atoms with Crippen LogP contribution < -0.4 is 4.43 Å². The summed E-state index contributed by atoms with van der Waals surface area (Å²) in [5.41, 5.74) is 4.36. The third-order valence-corrected chi connectivity index (χ3v) is 5.93. The van der Waals surface area contributed by atoms with Crippen molar-refractivity contribution in [1.82, 2.24) is 9.47 Å². The number of benzene rings is 1. The number of rotatable bonds is 1. The summed E-state index contributed by atoms with van der Waals surface area (Å²) in [7, 11) is 0. The van der Waals surface area contributed by atoms with Gasteiger partial charge < -0.3 is 9.47 Å². The summed E-state index contributed by atoms with van der Waals surface area (Å²) in [6.07, 6.45) is 6.23. The maximum absolute atomic E-state index is 12.3. The van der Waals surface area contributed by atoms with Crippen molar-refractivity contribution in [2.24, 2.45) is 0 Å². The van der Waals surface area contributed by atoms with Gasteiger partial charge in [0.1, 0.15) is 0 Å². The van der Waals surface area contributed by atoms with E-state index in [0.717, 1.165) is 29.5 Å². The van der Waals surface area contributed by atoms with Crippen LogP contribution in [-0.4, -0.2) is 28.0 Å². The molecule has 3 unspecified atom stereocenters. The van der Waals surface area contributed by atoms with Gasteiger partial charge in [0.05, 0.1) is 28.3 Å². The zero-order valence-corrected chi connectivity index (χ0v) is 13.7. The first-order valence-electron chi connectivity index (χ1n) is 8.68. The lowest BCUT2D eigenvalue weighted by Crippen LogP contribution is -2.50. The van der Waals surface area contributed by atoms with Gasteiger partial charge in [-0.25, -0.2) is 0 Å². The monoisotopic (exact) mass is 322 g/mol. The second kappa shape index (κ2) is 4.79. The summed E-state index contributed by atoms with van der Waals surface area (Å²) in [4.78, 5) is 26.6. The molecule has 4 heterocycles. The fourth-order valence-electron chi connectivity index (χ4n) is 4.88. The standard InChI is InChI=1S/C19H20N3O2/c1-12-10-21-15-9-16(20-8-4-7-18(20)23)19(17(21)11-22(12)24)14-6-3-2-5-13(14)15/h2-3,5-6,10-11,15-16,19H,4,7-9H2,1H3/q+1. The fraction of sp³-hybridized carbons (Fsp3) is 0.421. The molecule has 1 saturated heterocycles. The lowest BCUT2D eigenvalue weighted by Gasteiger charge is -2.48. The molecule has 0 radical (unpaired) electrons. The van der Waals surface area contributed by atoms with Gasteiger partial charge in [-0.05, 0) is 24.0 Å². The van der Waals surface area contributed by atoms with Crippen LogP contribution in [0.2, 0.25) is 0 Å². The number of aromatic nitrogens is 2. The minimum atomic E-state index is 0.0917. The molecule has 1 aromatic carbocycles. The Morgan fingerprint density at radius 3 is 2.75 bits per heavy atom. The maximum Gasteiger partial charge on any atom is 0.252 e. The fourth-order valence-corrected chi connectivity index (χ4v) is 4.88.